The van der Waals surface area contributed by atoms with E-state index in [1.807, 2.05) is 0 Å². The van der Waals surface area contributed by atoms with Crippen LogP contribution < -0.4 is 5.73 Å². The molecule has 0 fully saturated rings. The zero-order chi connectivity index (χ0) is 11.4. The number of aliphatic hydroxyl groups excluding tert-OH is 1. The molecule has 1 atom stereocenters. The third kappa shape index (κ3) is 3.05. The van der Waals surface area contributed by atoms with Gasteiger partial charge in [0.05, 0.1) is 0 Å². The molecule has 80 valence electrons. The maximum absolute atomic E-state index is 12.8. The van der Waals surface area contributed by atoms with Crippen molar-refractivity contribution >= 4 is 11.7 Å². The van der Waals surface area contributed by atoms with Crippen LogP contribution in [0.15, 0.2) is 30.3 Å². The number of carbonyl (C=O) groups is 1. The Morgan fingerprint density at radius 2 is 1.93 bits per heavy atom. The second-order valence-electron chi connectivity index (χ2n) is 2.86. The zero-order valence-electron chi connectivity index (χ0n) is 7.65. The van der Waals surface area contributed by atoms with Crippen LogP contribution in [0.25, 0.3) is 5.76 Å². The first-order valence-electron chi connectivity index (χ1n) is 4.11. The summed E-state index contributed by atoms with van der Waals surface area (Å²) in [6.45, 7) is 0. The Kier molecular flexibility index (Phi) is 3.38. The molecule has 0 spiro atoms. The molecule has 1 aromatic carbocycles. The molecule has 0 aromatic heterocycles. The van der Waals surface area contributed by atoms with E-state index < -0.39 is 23.7 Å². The van der Waals surface area contributed by atoms with E-state index in [0.717, 1.165) is 12.1 Å². The van der Waals surface area contributed by atoms with Gasteiger partial charge >= 0.3 is 0 Å². The normalized spacial score (nSPS) is 13.6. The van der Waals surface area contributed by atoms with Gasteiger partial charge < -0.3 is 10.8 Å². The van der Waals surface area contributed by atoms with Gasteiger partial charge in [-0.15, -0.1) is 0 Å². The summed E-state index contributed by atoms with van der Waals surface area (Å²) in [4.78, 5) is 10.4. The number of nitrogens with two attached hydrogens (primary N) is 1. The lowest BCUT2D eigenvalue weighted by atomic mass is 10.1. The summed E-state index contributed by atoms with van der Waals surface area (Å²) in [6.07, 6.45) is -1.40. The first kappa shape index (κ1) is 11.2. The van der Waals surface area contributed by atoms with Gasteiger partial charge in [-0.3, -0.25) is 4.79 Å². The van der Waals surface area contributed by atoms with Crippen LogP contribution in [0.4, 0.5) is 8.78 Å². The molecule has 3 N–H and O–H groups in total. The number of rotatable bonds is 3. The number of halogens is 2. The highest BCUT2D eigenvalue weighted by atomic mass is 19.1. The highest BCUT2D eigenvalue weighted by Crippen LogP contribution is 2.13. The predicted octanol–water partition coefficient (Wildman–Crippen LogP) is 1.55. The molecule has 0 saturated heterocycles. The van der Waals surface area contributed by atoms with Crippen molar-refractivity contribution in [2.24, 2.45) is 5.73 Å². The number of primary amides is 1. The third-order valence-corrected chi connectivity index (χ3v) is 1.72. The molecule has 0 radical (unpaired) electrons. The number of carbonyl (C=O) groups excluding carboxylic acids is 1. The van der Waals surface area contributed by atoms with E-state index in [1.54, 1.807) is 0 Å². The van der Waals surface area contributed by atoms with Crippen LogP contribution in [-0.2, 0) is 4.79 Å². The van der Waals surface area contributed by atoms with E-state index in [-0.39, 0.29) is 5.56 Å². The highest BCUT2D eigenvalue weighted by Gasteiger charge is 2.11. The number of aliphatic hydroxyl groups is 1. The van der Waals surface area contributed by atoms with Gasteiger partial charge in [-0.2, -0.15) is 0 Å². The Labute approximate surface area is 84.8 Å². The molecular formula is C10H9F2NO2. The van der Waals surface area contributed by atoms with E-state index in [0.29, 0.717) is 6.08 Å². The lowest BCUT2D eigenvalue weighted by Gasteiger charge is -2.01. The maximum atomic E-state index is 12.8. The van der Waals surface area contributed by atoms with E-state index in [2.05, 4.69) is 5.73 Å². The largest absolute Gasteiger partial charge is 0.508 e. The SMILES string of the molecule is NC(=O)[C@@H](F)C=C(O)c1ccc(F)cc1. The van der Waals surface area contributed by atoms with Gasteiger partial charge in [0.1, 0.15) is 11.6 Å². The molecule has 1 amide bonds. The summed E-state index contributed by atoms with van der Waals surface area (Å²) in [5.74, 6) is -2.12. The van der Waals surface area contributed by atoms with Crippen molar-refractivity contribution in [1.82, 2.24) is 0 Å². The van der Waals surface area contributed by atoms with E-state index >= 15 is 0 Å². The quantitative estimate of drug-likeness (QED) is 0.748. The van der Waals surface area contributed by atoms with Gasteiger partial charge in [-0.25, -0.2) is 8.78 Å². The maximum Gasteiger partial charge on any atom is 0.256 e. The van der Waals surface area contributed by atoms with Gasteiger partial charge in [0.2, 0.25) is 0 Å². The molecule has 0 aliphatic heterocycles. The molecule has 5 heteroatoms. The topological polar surface area (TPSA) is 63.3 Å². The van der Waals surface area contributed by atoms with Crippen molar-refractivity contribution in [2.75, 3.05) is 0 Å². The van der Waals surface area contributed by atoms with Crippen LogP contribution in [0, 0.1) is 5.82 Å². The number of hydrogen-bond acceptors (Lipinski definition) is 2. The molecule has 1 rings (SSSR count). The number of amides is 1. The van der Waals surface area contributed by atoms with E-state index in [9.17, 15) is 18.7 Å². The Bertz CT molecular complexity index is 387. The molecule has 0 aliphatic carbocycles. The van der Waals surface area contributed by atoms with Crippen molar-refractivity contribution in [1.29, 1.82) is 0 Å². The van der Waals surface area contributed by atoms with Crippen molar-refractivity contribution in [3.05, 3.63) is 41.7 Å². The summed E-state index contributed by atoms with van der Waals surface area (Å²) < 4.78 is 25.2. The van der Waals surface area contributed by atoms with Gasteiger partial charge in [-0.05, 0) is 24.3 Å². The molecule has 1 aromatic rings. The summed E-state index contributed by atoms with van der Waals surface area (Å²) in [5.41, 5.74) is 4.87. The minimum absolute atomic E-state index is 0.209. The average molecular weight is 213 g/mol. The summed E-state index contributed by atoms with van der Waals surface area (Å²) in [5, 5.41) is 9.32. The van der Waals surface area contributed by atoms with Gasteiger partial charge in [0.15, 0.2) is 6.17 Å². The fourth-order valence-electron chi connectivity index (χ4n) is 0.938. The van der Waals surface area contributed by atoms with Gasteiger partial charge in [0.25, 0.3) is 5.91 Å². The summed E-state index contributed by atoms with van der Waals surface area (Å²) >= 11 is 0. The standard InChI is InChI=1S/C10H9F2NO2/c11-7-3-1-6(2-4-7)9(14)5-8(12)10(13)15/h1-5,8,14H,(H2,13,15)/t8-/m0/s1. The molecule has 15 heavy (non-hydrogen) atoms. The first-order valence-corrected chi connectivity index (χ1v) is 4.11. The minimum Gasteiger partial charge on any atom is -0.508 e. The number of hydrogen-bond donors (Lipinski definition) is 2. The molecule has 3 nitrogen and oxygen atoms in total. The van der Waals surface area contributed by atoms with E-state index in [1.165, 1.54) is 12.1 Å². The summed E-state index contributed by atoms with van der Waals surface area (Å²) in [7, 11) is 0. The fourth-order valence-corrected chi connectivity index (χ4v) is 0.938. The lowest BCUT2D eigenvalue weighted by Crippen LogP contribution is -2.22. The van der Waals surface area contributed by atoms with Crippen molar-refractivity contribution in [3.63, 3.8) is 0 Å². The highest BCUT2D eigenvalue weighted by molar-refractivity contribution is 5.82. The van der Waals surface area contributed by atoms with Crippen LogP contribution in [-0.4, -0.2) is 17.2 Å². The van der Waals surface area contributed by atoms with Crippen molar-refractivity contribution < 1.29 is 18.7 Å². The van der Waals surface area contributed by atoms with Crippen molar-refractivity contribution in [3.8, 4) is 0 Å². The molecule has 0 saturated carbocycles. The monoisotopic (exact) mass is 213 g/mol. The second kappa shape index (κ2) is 4.54. The van der Waals surface area contributed by atoms with Gasteiger partial charge in [0, 0.05) is 11.6 Å². The molecule has 0 bridgehead atoms. The Balaban J connectivity index is 2.89. The van der Waals surface area contributed by atoms with E-state index in [4.69, 9.17) is 0 Å². The lowest BCUT2D eigenvalue weighted by molar-refractivity contribution is -0.121. The predicted molar refractivity (Wildman–Crippen MR) is 51.1 cm³/mol. The van der Waals surface area contributed by atoms with Crippen LogP contribution >= 0.6 is 0 Å². The number of benzene rings is 1. The summed E-state index contributed by atoms with van der Waals surface area (Å²) in [6, 6.07) is 4.73. The van der Waals surface area contributed by atoms with Crippen molar-refractivity contribution in [2.45, 2.75) is 6.17 Å². The smallest absolute Gasteiger partial charge is 0.256 e. The third-order valence-electron chi connectivity index (χ3n) is 1.72. The molecule has 0 unspecified atom stereocenters. The van der Waals surface area contributed by atoms with Crippen LogP contribution in [0.1, 0.15) is 5.56 Å². The number of alkyl halides is 1. The molecular weight excluding hydrogens is 204 g/mol. The first-order chi connectivity index (χ1) is 7.00. The Morgan fingerprint density at radius 3 is 2.40 bits per heavy atom. The molecule has 0 heterocycles. The Hall–Kier alpha value is -1.91. The Morgan fingerprint density at radius 1 is 1.40 bits per heavy atom. The molecule has 0 aliphatic rings. The van der Waals surface area contributed by atoms with Crippen LogP contribution in [0.2, 0.25) is 0 Å². The minimum atomic E-state index is -2.06. The average Bonchev–Trinajstić information content (AvgIpc) is 2.18. The van der Waals surface area contributed by atoms with Crippen LogP contribution in [0.3, 0.4) is 0 Å². The van der Waals surface area contributed by atoms with Gasteiger partial charge in [-0.1, -0.05) is 0 Å². The zero-order valence-corrected chi connectivity index (χ0v) is 7.65. The fraction of sp³-hybridized carbons (Fsp3) is 0.100. The second-order valence-corrected chi connectivity index (χ2v) is 2.86. The van der Waals surface area contributed by atoms with Crippen LogP contribution in [0.5, 0.6) is 0 Å².